The molecule has 0 unspecified atom stereocenters. The number of halogens is 1. The summed E-state index contributed by atoms with van der Waals surface area (Å²) in [5.74, 6) is 0.387. The molecule has 5 nitrogen and oxygen atoms in total. The second-order valence-corrected chi connectivity index (χ2v) is 7.62. The predicted octanol–water partition coefficient (Wildman–Crippen LogP) is 0.367. The van der Waals surface area contributed by atoms with Gasteiger partial charge in [-0.1, -0.05) is 15.9 Å². The van der Waals surface area contributed by atoms with Crippen molar-refractivity contribution in [3.63, 3.8) is 0 Å². The summed E-state index contributed by atoms with van der Waals surface area (Å²) in [7, 11) is -2.01. The van der Waals surface area contributed by atoms with Crippen LogP contribution in [0.25, 0.3) is 0 Å². The van der Waals surface area contributed by atoms with Crippen molar-refractivity contribution in [1.82, 2.24) is 4.31 Å². The largest absolute Gasteiger partial charge is 0.495 e. The van der Waals surface area contributed by atoms with E-state index in [1.54, 1.807) is 22.5 Å². The summed E-state index contributed by atoms with van der Waals surface area (Å²) in [6.45, 7) is 5.98. The van der Waals surface area contributed by atoms with Crippen molar-refractivity contribution in [2.75, 3.05) is 39.8 Å². The van der Waals surface area contributed by atoms with Gasteiger partial charge in [0.05, 0.1) is 39.8 Å². The molecule has 0 amide bonds. The van der Waals surface area contributed by atoms with Crippen LogP contribution < -0.4 is 9.64 Å². The van der Waals surface area contributed by atoms with Crippen molar-refractivity contribution in [3.8, 4) is 5.75 Å². The number of nitrogens with zero attached hydrogens (tertiary/aromatic N) is 1. The lowest BCUT2D eigenvalue weighted by molar-refractivity contribution is -0.901. The summed E-state index contributed by atoms with van der Waals surface area (Å²) in [5.41, 5.74) is 0. The average Bonchev–Trinajstić information content (AvgIpc) is 2.47. The Labute approximate surface area is 128 Å². The number of ether oxygens (including phenoxy) is 1. The maximum absolute atomic E-state index is 12.7. The minimum Gasteiger partial charge on any atom is -0.495 e. The first-order chi connectivity index (χ1) is 9.48. The van der Waals surface area contributed by atoms with Gasteiger partial charge in [-0.25, -0.2) is 8.42 Å². The zero-order valence-electron chi connectivity index (χ0n) is 11.7. The number of piperazine rings is 1. The Bertz CT molecular complexity index is 569. The summed E-state index contributed by atoms with van der Waals surface area (Å²) in [4.78, 5) is 1.67. The molecular weight excluding hydrogens is 344 g/mol. The molecule has 0 aliphatic carbocycles. The highest BCUT2D eigenvalue weighted by atomic mass is 79.9. The molecule has 1 fully saturated rings. The first kappa shape index (κ1) is 15.8. The van der Waals surface area contributed by atoms with E-state index in [9.17, 15) is 8.42 Å². The molecule has 1 N–H and O–H groups in total. The fourth-order valence-electron chi connectivity index (χ4n) is 2.39. The van der Waals surface area contributed by atoms with E-state index < -0.39 is 10.0 Å². The van der Waals surface area contributed by atoms with Crippen molar-refractivity contribution >= 4 is 26.0 Å². The van der Waals surface area contributed by atoms with E-state index in [0.29, 0.717) is 18.8 Å². The van der Waals surface area contributed by atoms with Gasteiger partial charge < -0.3 is 9.64 Å². The minimum absolute atomic E-state index is 0.231. The van der Waals surface area contributed by atoms with Crippen LogP contribution >= 0.6 is 15.9 Å². The van der Waals surface area contributed by atoms with E-state index >= 15 is 0 Å². The second-order valence-electron chi connectivity index (χ2n) is 4.80. The van der Waals surface area contributed by atoms with Crippen LogP contribution in [0.3, 0.4) is 0 Å². The number of nitrogens with one attached hydrogen (secondary N) is 1. The molecule has 112 valence electrons. The smallest absolute Gasteiger partial charge is 0.247 e. The van der Waals surface area contributed by atoms with Gasteiger partial charge in [0, 0.05) is 4.47 Å². The van der Waals surface area contributed by atoms with Crippen LogP contribution in [-0.4, -0.2) is 52.6 Å². The van der Waals surface area contributed by atoms with Crippen LogP contribution in [0.4, 0.5) is 0 Å². The van der Waals surface area contributed by atoms with E-state index in [2.05, 4.69) is 22.9 Å². The number of sulfonamides is 1. The van der Waals surface area contributed by atoms with Crippen LogP contribution in [0.15, 0.2) is 27.6 Å². The zero-order valence-corrected chi connectivity index (χ0v) is 14.1. The molecule has 1 aromatic rings. The number of likely N-dealkylation sites (N-methyl/N-ethyl adjacent to an activating group) is 1. The number of hydrogen-bond donors (Lipinski definition) is 1. The van der Waals surface area contributed by atoms with E-state index in [-0.39, 0.29) is 4.90 Å². The molecule has 1 saturated heterocycles. The third-order valence-corrected chi connectivity index (χ3v) is 6.09. The van der Waals surface area contributed by atoms with E-state index in [4.69, 9.17) is 4.74 Å². The van der Waals surface area contributed by atoms with E-state index in [1.165, 1.54) is 12.0 Å². The highest BCUT2D eigenvalue weighted by Crippen LogP contribution is 2.29. The summed E-state index contributed by atoms with van der Waals surface area (Å²) in [6.07, 6.45) is 0. The lowest BCUT2D eigenvalue weighted by Gasteiger charge is -2.31. The Hall–Kier alpha value is -0.630. The summed E-state index contributed by atoms with van der Waals surface area (Å²) in [6, 6.07) is 5.05. The van der Waals surface area contributed by atoms with E-state index in [0.717, 1.165) is 24.1 Å². The average molecular weight is 364 g/mol. The second kappa shape index (κ2) is 6.43. The molecule has 1 heterocycles. The first-order valence-corrected chi connectivity index (χ1v) is 8.89. The van der Waals surface area contributed by atoms with Crippen LogP contribution in [0.1, 0.15) is 6.92 Å². The number of rotatable bonds is 4. The van der Waals surface area contributed by atoms with Gasteiger partial charge in [0.1, 0.15) is 10.6 Å². The molecule has 0 spiro atoms. The monoisotopic (exact) mass is 363 g/mol. The lowest BCUT2D eigenvalue weighted by Crippen LogP contribution is -3.14. The Morgan fingerprint density at radius 1 is 1.35 bits per heavy atom. The Kier molecular flexibility index (Phi) is 5.06. The highest BCUT2D eigenvalue weighted by Gasteiger charge is 2.32. The molecule has 1 aliphatic rings. The maximum Gasteiger partial charge on any atom is 0.247 e. The SMILES string of the molecule is CC[NH+]1CCN(S(=O)(=O)c2cc(Br)ccc2OC)CC1. The number of hydrogen-bond acceptors (Lipinski definition) is 3. The number of quaternary nitrogens is 1. The fraction of sp³-hybridized carbons (Fsp3) is 0.538. The Morgan fingerprint density at radius 2 is 2.00 bits per heavy atom. The summed E-state index contributed by atoms with van der Waals surface area (Å²) < 4.78 is 32.9. The molecule has 20 heavy (non-hydrogen) atoms. The normalized spacial score (nSPS) is 18.1. The molecule has 0 atom stereocenters. The van der Waals surface area contributed by atoms with E-state index in [1.807, 2.05) is 0 Å². The van der Waals surface area contributed by atoms with Gasteiger partial charge in [-0.05, 0) is 25.1 Å². The van der Waals surface area contributed by atoms with Gasteiger partial charge in [0.2, 0.25) is 10.0 Å². The summed E-state index contributed by atoms with van der Waals surface area (Å²) >= 11 is 3.32. The molecule has 7 heteroatoms. The van der Waals surface area contributed by atoms with Crippen molar-refractivity contribution < 1.29 is 18.1 Å². The molecule has 0 saturated carbocycles. The van der Waals surface area contributed by atoms with Crippen LogP contribution in [-0.2, 0) is 10.0 Å². The van der Waals surface area contributed by atoms with Crippen molar-refractivity contribution in [2.24, 2.45) is 0 Å². The van der Waals surface area contributed by atoms with Gasteiger partial charge in [-0.3, -0.25) is 0 Å². The quantitative estimate of drug-likeness (QED) is 0.840. The standard InChI is InChI=1S/C13H19BrN2O3S/c1-3-15-6-8-16(9-7-15)20(17,18)13-10-11(14)4-5-12(13)19-2/h4-5,10H,3,6-9H2,1-2H3/p+1. The van der Waals surface area contributed by atoms with Crippen molar-refractivity contribution in [3.05, 3.63) is 22.7 Å². The van der Waals surface area contributed by atoms with Gasteiger partial charge in [-0.2, -0.15) is 4.31 Å². The predicted molar refractivity (Wildman–Crippen MR) is 80.7 cm³/mol. The van der Waals surface area contributed by atoms with Crippen LogP contribution in [0, 0.1) is 0 Å². The molecule has 0 radical (unpaired) electrons. The first-order valence-electron chi connectivity index (χ1n) is 6.66. The van der Waals surface area contributed by atoms with Gasteiger partial charge in [-0.15, -0.1) is 0 Å². The summed E-state index contributed by atoms with van der Waals surface area (Å²) in [5, 5.41) is 0. The maximum atomic E-state index is 12.7. The fourth-order valence-corrected chi connectivity index (χ4v) is 4.52. The molecule has 0 bridgehead atoms. The lowest BCUT2D eigenvalue weighted by atomic mass is 10.3. The molecule has 0 aromatic heterocycles. The third-order valence-electron chi connectivity index (χ3n) is 3.67. The molecule has 2 rings (SSSR count). The van der Waals surface area contributed by atoms with Gasteiger partial charge >= 0.3 is 0 Å². The van der Waals surface area contributed by atoms with Gasteiger partial charge in [0.25, 0.3) is 0 Å². The third kappa shape index (κ3) is 3.16. The minimum atomic E-state index is -3.49. The Morgan fingerprint density at radius 3 is 2.55 bits per heavy atom. The number of benzene rings is 1. The topological polar surface area (TPSA) is 51.0 Å². The zero-order chi connectivity index (χ0) is 14.8. The van der Waals surface area contributed by atoms with Crippen LogP contribution in [0.5, 0.6) is 5.75 Å². The highest BCUT2D eigenvalue weighted by molar-refractivity contribution is 9.10. The number of methoxy groups -OCH3 is 1. The molecule has 1 aliphatic heterocycles. The Balaban J connectivity index is 2.29. The van der Waals surface area contributed by atoms with Crippen molar-refractivity contribution in [1.29, 1.82) is 0 Å². The molecule has 1 aromatic carbocycles. The van der Waals surface area contributed by atoms with Crippen LogP contribution in [0.2, 0.25) is 0 Å². The molecular formula is C13H20BrN2O3S+. The van der Waals surface area contributed by atoms with Crippen molar-refractivity contribution in [2.45, 2.75) is 11.8 Å². The van der Waals surface area contributed by atoms with Gasteiger partial charge in [0.15, 0.2) is 0 Å².